The van der Waals surface area contributed by atoms with E-state index in [4.69, 9.17) is 10.5 Å². The Bertz CT molecular complexity index is 1010. The van der Waals surface area contributed by atoms with Gasteiger partial charge >= 0.3 is 0 Å². The van der Waals surface area contributed by atoms with Crippen LogP contribution in [-0.2, 0) is 4.79 Å². The van der Waals surface area contributed by atoms with E-state index in [1.54, 1.807) is 36.4 Å². The lowest BCUT2D eigenvalue weighted by Crippen LogP contribution is -2.34. The van der Waals surface area contributed by atoms with E-state index in [0.717, 1.165) is 0 Å². The number of anilines is 4. The molecule has 0 saturated heterocycles. The predicted molar refractivity (Wildman–Crippen MR) is 110 cm³/mol. The van der Waals surface area contributed by atoms with Gasteiger partial charge in [-0.2, -0.15) is 0 Å². The first kappa shape index (κ1) is 19.6. The van der Waals surface area contributed by atoms with Crippen LogP contribution in [-0.4, -0.2) is 28.3 Å². The Morgan fingerprint density at radius 1 is 1.03 bits per heavy atom. The van der Waals surface area contributed by atoms with Gasteiger partial charge in [-0.25, -0.2) is 9.97 Å². The first-order valence-corrected chi connectivity index (χ1v) is 8.74. The molecule has 2 aromatic carbocycles. The van der Waals surface area contributed by atoms with E-state index < -0.39 is 5.91 Å². The quantitative estimate of drug-likeness (QED) is 0.340. The minimum absolute atomic E-state index is 0.0490. The highest BCUT2D eigenvalue weighted by atomic mass is 16.5. The molecule has 9 nitrogen and oxygen atoms in total. The number of ether oxygens (including phenoxy) is 1. The molecule has 0 bridgehead atoms. The van der Waals surface area contributed by atoms with E-state index in [0.29, 0.717) is 22.8 Å². The molecule has 1 aromatic heterocycles. The zero-order valence-electron chi connectivity index (χ0n) is 15.7. The number of para-hydroxylation sites is 1. The van der Waals surface area contributed by atoms with Crippen molar-refractivity contribution in [3.63, 3.8) is 0 Å². The second-order valence-corrected chi connectivity index (χ2v) is 6.02. The molecular weight excluding hydrogens is 372 g/mol. The summed E-state index contributed by atoms with van der Waals surface area (Å²) in [7, 11) is 0. The third-order valence-electron chi connectivity index (χ3n) is 3.85. The lowest BCUT2D eigenvalue weighted by atomic mass is 10.1. The number of rotatable bonds is 8. The van der Waals surface area contributed by atoms with Crippen LogP contribution >= 0.6 is 0 Å². The van der Waals surface area contributed by atoms with Crippen LogP contribution in [0.25, 0.3) is 0 Å². The summed E-state index contributed by atoms with van der Waals surface area (Å²) in [6, 6.07) is 15.9. The number of benzene rings is 2. The maximum Gasteiger partial charge on any atom is 0.276 e. The molecule has 1 heterocycles. The molecule has 3 rings (SSSR count). The number of hydrogen-bond donors (Lipinski definition) is 4. The van der Waals surface area contributed by atoms with Crippen LogP contribution in [0.3, 0.4) is 0 Å². The van der Waals surface area contributed by atoms with Crippen LogP contribution in [0.4, 0.5) is 23.0 Å². The average Bonchev–Trinajstić information content (AvgIpc) is 2.74. The summed E-state index contributed by atoms with van der Waals surface area (Å²) in [5.74, 6) is 0.683. The Hall–Kier alpha value is -4.14. The predicted octanol–water partition coefficient (Wildman–Crippen LogP) is 2.53. The molecule has 0 radical (unpaired) electrons. The molecule has 0 saturated carbocycles. The van der Waals surface area contributed by atoms with Gasteiger partial charge in [0.05, 0.1) is 0 Å². The molecule has 0 aliphatic heterocycles. The van der Waals surface area contributed by atoms with Gasteiger partial charge in [-0.1, -0.05) is 30.3 Å². The highest BCUT2D eigenvalue weighted by molar-refractivity contribution is 5.95. The fraction of sp³-hybridized carbons (Fsp3) is 0.100. The van der Waals surface area contributed by atoms with Crippen molar-refractivity contribution < 1.29 is 14.3 Å². The van der Waals surface area contributed by atoms with Gasteiger partial charge in [0.1, 0.15) is 17.8 Å². The van der Waals surface area contributed by atoms with Gasteiger partial charge in [-0.05, 0) is 31.2 Å². The van der Waals surface area contributed by atoms with Crippen molar-refractivity contribution in [2.24, 2.45) is 0 Å². The van der Waals surface area contributed by atoms with Crippen molar-refractivity contribution in [1.82, 2.24) is 15.4 Å². The lowest BCUT2D eigenvalue weighted by molar-refractivity contribution is -0.122. The SMILES string of the molecule is CC(=O)c1cccc(Nc2ncnc(NNC(=O)COc3ccccc3)c2N)c1. The second-order valence-electron chi connectivity index (χ2n) is 6.02. The second kappa shape index (κ2) is 9.18. The summed E-state index contributed by atoms with van der Waals surface area (Å²) in [4.78, 5) is 31.6. The third-order valence-corrected chi connectivity index (χ3v) is 3.85. The molecule has 0 aliphatic carbocycles. The number of carbonyl (C=O) groups is 2. The number of nitrogens with one attached hydrogen (secondary N) is 3. The number of nitrogen functional groups attached to an aromatic ring is 1. The minimum atomic E-state index is -0.407. The summed E-state index contributed by atoms with van der Waals surface area (Å²) in [6.07, 6.45) is 1.29. The summed E-state index contributed by atoms with van der Waals surface area (Å²) in [5.41, 5.74) is 12.6. The molecule has 1 amide bonds. The van der Waals surface area contributed by atoms with Gasteiger partial charge in [0.25, 0.3) is 5.91 Å². The van der Waals surface area contributed by atoms with Crippen LogP contribution in [0.1, 0.15) is 17.3 Å². The van der Waals surface area contributed by atoms with Crippen molar-refractivity contribution in [2.75, 3.05) is 23.1 Å². The molecule has 148 valence electrons. The van der Waals surface area contributed by atoms with Crippen LogP contribution in [0.2, 0.25) is 0 Å². The maximum atomic E-state index is 11.9. The van der Waals surface area contributed by atoms with Crippen LogP contribution in [0.15, 0.2) is 60.9 Å². The Morgan fingerprint density at radius 3 is 2.55 bits per heavy atom. The van der Waals surface area contributed by atoms with Crippen LogP contribution in [0.5, 0.6) is 5.75 Å². The first-order valence-electron chi connectivity index (χ1n) is 8.74. The summed E-state index contributed by atoms with van der Waals surface area (Å²) in [5, 5.41) is 3.04. The Kier molecular flexibility index (Phi) is 6.21. The molecule has 9 heteroatoms. The van der Waals surface area contributed by atoms with E-state index >= 15 is 0 Å². The van der Waals surface area contributed by atoms with E-state index in [2.05, 4.69) is 26.1 Å². The molecule has 0 spiro atoms. The topological polar surface area (TPSA) is 131 Å². The number of carbonyl (C=O) groups excluding carboxylic acids is 2. The van der Waals surface area contributed by atoms with Gasteiger partial charge in [-0.15, -0.1) is 0 Å². The van der Waals surface area contributed by atoms with E-state index in [9.17, 15) is 9.59 Å². The van der Waals surface area contributed by atoms with Crippen molar-refractivity contribution in [2.45, 2.75) is 6.92 Å². The lowest BCUT2D eigenvalue weighted by Gasteiger charge is -2.13. The molecule has 3 aromatic rings. The maximum absolute atomic E-state index is 11.9. The average molecular weight is 392 g/mol. The Labute approximate surface area is 167 Å². The van der Waals surface area contributed by atoms with Crippen LogP contribution < -0.4 is 26.6 Å². The fourth-order valence-electron chi connectivity index (χ4n) is 2.38. The van der Waals surface area contributed by atoms with Crippen LogP contribution in [0, 0.1) is 0 Å². The van der Waals surface area contributed by atoms with Gasteiger partial charge in [0, 0.05) is 11.3 Å². The molecule has 29 heavy (non-hydrogen) atoms. The summed E-state index contributed by atoms with van der Waals surface area (Å²) < 4.78 is 5.36. The number of nitrogens with two attached hydrogens (primary N) is 1. The molecule has 5 N–H and O–H groups in total. The van der Waals surface area contributed by atoms with Gasteiger partial charge < -0.3 is 15.8 Å². The number of aromatic nitrogens is 2. The molecule has 0 unspecified atom stereocenters. The number of hydrazine groups is 1. The minimum Gasteiger partial charge on any atom is -0.484 e. The van der Waals surface area contributed by atoms with E-state index in [1.807, 2.05) is 18.2 Å². The first-order chi connectivity index (χ1) is 14.0. The van der Waals surface area contributed by atoms with E-state index in [-0.39, 0.29) is 23.9 Å². The van der Waals surface area contributed by atoms with Gasteiger partial charge in [0.15, 0.2) is 24.0 Å². The zero-order chi connectivity index (χ0) is 20.6. The van der Waals surface area contributed by atoms with E-state index in [1.165, 1.54) is 13.3 Å². The zero-order valence-corrected chi connectivity index (χ0v) is 15.7. The smallest absolute Gasteiger partial charge is 0.276 e. The number of Topliss-reactive ketones (excluding diaryl/α,β-unsaturated/α-hetero) is 1. The standard InChI is InChI=1S/C20H20N6O3/c1-13(27)14-6-5-7-15(10-14)24-19-18(21)20(23-12-22-19)26-25-17(28)11-29-16-8-3-2-4-9-16/h2-10,12H,11,21H2,1H3,(H,25,28)(H2,22,23,24,26). The molecule has 0 aliphatic rings. The monoisotopic (exact) mass is 392 g/mol. The third kappa shape index (κ3) is 5.42. The van der Waals surface area contributed by atoms with Gasteiger partial charge in [-0.3, -0.25) is 20.4 Å². The number of amides is 1. The Morgan fingerprint density at radius 2 is 1.79 bits per heavy atom. The number of ketones is 1. The Balaban J connectivity index is 1.60. The highest BCUT2D eigenvalue weighted by Crippen LogP contribution is 2.25. The molecule has 0 fully saturated rings. The van der Waals surface area contributed by atoms with Crippen molar-refractivity contribution >= 4 is 34.7 Å². The van der Waals surface area contributed by atoms with Gasteiger partial charge in [0.2, 0.25) is 0 Å². The van der Waals surface area contributed by atoms with Crippen molar-refractivity contribution in [3.05, 3.63) is 66.5 Å². The fourth-order valence-corrected chi connectivity index (χ4v) is 2.38. The normalized spacial score (nSPS) is 10.1. The van der Waals surface area contributed by atoms with Crippen molar-refractivity contribution in [1.29, 1.82) is 0 Å². The molecular formula is C20H20N6O3. The number of nitrogens with zero attached hydrogens (tertiary/aromatic N) is 2. The summed E-state index contributed by atoms with van der Waals surface area (Å²) in [6.45, 7) is 1.31. The largest absolute Gasteiger partial charge is 0.484 e. The molecule has 0 atom stereocenters. The highest BCUT2D eigenvalue weighted by Gasteiger charge is 2.10. The summed E-state index contributed by atoms with van der Waals surface area (Å²) >= 11 is 0. The van der Waals surface area contributed by atoms with Crippen molar-refractivity contribution in [3.8, 4) is 5.75 Å². The number of hydrogen-bond acceptors (Lipinski definition) is 8.